The minimum absolute atomic E-state index is 0.0637. The molecule has 0 atom stereocenters. The molecule has 0 aliphatic carbocycles. The lowest BCUT2D eigenvalue weighted by atomic mass is 10.5. The molecule has 2 amide bonds. The third-order valence-electron chi connectivity index (χ3n) is 0.752. The Morgan fingerprint density at radius 2 is 2.00 bits per heavy atom. The first-order chi connectivity index (χ1) is 6.04. The van der Waals surface area contributed by atoms with Gasteiger partial charge in [0.15, 0.2) is 0 Å². The van der Waals surface area contributed by atoms with Crippen LogP contribution in [0.1, 0.15) is 13.3 Å². The fraction of sp³-hybridized carbons (Fsp3) is 0.667. The molecule has 0 aromatic rings. The number of amides is 2. The molecule has 0 unspecified atom stereocenters. The second kappa shape index (κ2) is 10.9. The first kappa shape index (κ1) is 14.4. The van der Waals surface area contributed by atoms with Crippen LogP contribution in [-0.2, 0) is 9.59 Å². The second-order valence-electron chi connectivity index (χ2n) is 1.94. The van der Waals surface area contributed by atoms with E-state index >= 15 is 0 Å². The van der Waals surface area contributed by atoms with E-state index in [0.29, 0.717) is 12.2 Å². The predicted octanol–water partition coefficient (Wildman–Crippen LogP) is 0.0287. The van der Waals surface area contributed by atoms with Crippen molar-refractivity contribution in [3.63, 3.8) is 0 Å². The molecule has 0 aromatic carbocycles. The first-order valence-electron chi connectivity index (χ1n) is 3.45. The summed E-state index contributed by atoms with van der Waals surface area (Å²) in [7, 11) is 1.56. The molecule has 7 heteroatoms. The van der Waals surface area contributed by atoms with E-state index in [1.165, 1.54) is 6.92 Å². The van der Waals surface area contributed by atoms with Gasteiger partial charge in [-0.1, -0.05) is 0 Å². The van der Waals surface area contributed by atoms with Crippen molar-refractivity contribution in [2.75, 3.05) is 12.8 Å². The van der Waals surface area contributed by atoms with Crippen LogP contribution in [0.2, 0.25) is 0 Å². The van der Waals surface area contributed by atoms with E-state index in [-0.39, 0.29) is 11.8 Å². The van der Waals surface area contributed by atoms with E-state index in [0.717, 1.165) is 11.9 Å². The molecule has 0 spiro atoms. The monoisotopic (exact) mass is 207 g/mol. The summed E-state index contributed by atoms with van der Waals surface area (Å²) in [6, 6.07) is 0. The quantitative estimate of drug-likeness (QED) is 0.385. The Bertz CT molecular complexity index is 171. The first-order valence-corrected chi connectivity index (χ1v) is 4.40. The maximum atomic E-state index is 10.4. The van der Waals surface area contributed by atoms with Gasteiger partial charge < -0.3 is 11.1 Å². The molecule has 0 aliphatic rings. The number of nitrogens with one attached hydrogen (secondary N) is 1. The Balaban J connectivity index is 0. The molecule has 0 saturated carbocycles. The van der Waals surface area contributed by atoms with E-state index < -0.39 is 0 Å². The Kier molecular flexibility index (Phi) is 12.1. The highest BCUT2D eigenvalue weighted by molar-refractivity contribution is 7.97. The third-order valence-corrected chi connectivity index (χ3v) is 1.24. The van der Waals surface area contributed by atoms with Crippen molar-refractivity contribution in [2.45, 2.75) is 13.3 Å². The van der Waals surface area contributed by atoms with Crippen LogP contribution in [0, 0.1) is 4.91 Å². The van der Waals surface area contributed by atoms with Gasteiger partial charge in [0, 0.05) is 42.7 Å². The van der Waals surface area contributed by atoms with Crippen molar-refractivity contribution in [3.8, 4) is 0 Å². The fourth-order valence-corrected chi connectivity index (χ4v) is 0.652. The summed E-state index contributed by atoms with van der Waals surface area (Å²) in [6.45, 7) is 1.31. The molecule has 0 aromatic heterocycles. The van der Waals surface area contributed by atoms with Gasteiger partial charge in [-0.25, -0.2) is 0 Å². The summed E-state index contributed by atoms with van der Waals surface area (Å²) in [5, 5.41) is 2.43. The van der Waals surface area contributed by atoms with Crippen LogP contribution in [0.5, 0.6) is 0 Å². The smallest absolute Gasteiger partial charge is 0.220 e. The van der Waals surface area contributed by atoms with Gasteiger partial charge >= 0.3 is 0 Å². The maximum Gasteiger partial charge on any atom is 0.220 e. The number of nitroso groups, excluding NO2 is 1. The van der Waals surface area contributed by atoms with Crippen LogP contribution in [0.25, 0.3) is 0 Å². The molecule has 76 valence electrons. The molecule has 0 saturated heterocycles. The predicted molar refractivity (Wildman–Crippen MR) is 51.8 cm³/mol. The zero-order valence-electron chi connectivity index (χ0n) is 7.57. The largest absolute Gasteiger partial charge is 0.370 e. The Morgan fingerprint density at radius 3 is 2.31 bits per heavy atom. The van der Waals surface area contributed by atoms with Crippen LogP contribution < -0.4 is 11.1 Å². The zero-order chi connectivity index (χ0) is 10.7. The molecule has 3 N–H and O–H groups in total. The molecule has 13 heavy (non-hydrogen) atoms. The molecular formula is C6H13N3O3S. The minimum Gasteiger partial charge on any atom is -0.370 e. The lowest BCUT2D eigenvalue weighted by Crippen LogP contribution is -2.17. The highest BCUT2D eigenvalue weighted by atomic mass is 32.2. The normalized spacial score (nSPS) is 7.85. The summed E-state index contributed by atoms with van der Waals surface area (Å²) < 4.78 is 2.53. The summed E-state index contributed by atoms with van der Waals surface area (Å²) in [5.41, 5.74) is 4.47. The van der Waals surface area contributed by atoms with E-state index in [1.54, 1.807) is 7.05 Å². The number of rotatable bonds is 4. The van der Waals surface area contributed by atoms with E-state index in [2.05, 4.69) is 15.6 Å². The molecule has 0 fully saturated rings. The van der Waals surface area contributed by atoms with Crippen molar-refractivity contribution in [1.29, 1.82) is 0 Å². The van der Waals surface area contributed by atoms with E-state index in [1.807, 2.05) is 0 Å². The lowest BCUT2D eigenvalue weighted by Gasteiger charge is -1.92. The Morgan fingerprint density at radius 1 is 1.54 bits per heavy atom. The van der Waals surface area contributed by atoms with Crippen molar-refractivity contribution in [3.05, 3.63) is 4.91 Å². The number of hydrogen-bond acceptors (Lipinski definition) is 5. The number of hydrogen-bond donors (Lipinski definition) is 2. The van der Waals surface area contributed by atoms with Crippen molar-refractivity contribution < 1.29 is 9.59 Å². The summed E-state index contributed by atoms with van der Waals surface area (Å²) >= 11 is 0.860. The van der Waals surface area contributed by atoms with E-state index in [4.69, 9.17) is 0 Å². The number of nitrogens with two attached hydrogens (primary N) is 1. The topological polar surface area (TPSA) is 102 Å². The summed E-state index contributed by atoms with van der Waals surface area (Å²) in [6.07, 6.45) is 0.354. The van der Waals surface area contributed by atoms with Crippen molar-refractivity contribution >= 4 is 23.8 Å². The van der Waals surface area contributed by atoms with Crippen LogP contribution in [-0.4, -0.2) is 24.6 Å². The number of carbonyl (C=O) groups is 2. The van der Waals surface area contributed by atoms with Gasteiger partial charge in [0.25, 0.3) is 0 Å². The van der Waals surface area contributed by atoms with Crippen molar-refractivity contribution in [2.24, 2.45) is 10.3 Å². The maximum absolute atomic E-state index is 10.4. The van der Waals surface area contributed by atoms with Gasteiger partial charge in [0.1, 0.15) is 0 Å². The fourth-order valence-electron chi connectivity index (χ4n) is 0.301. The van der Waals surface area contributed by atoms with Gasteiger partial charge in [-0.15, -0.1) is 4.91 Å². The van der Waals surface area contributed by atoms with Gasteiger partial charge in [-0.3, -0.25) is 9.59 Å². The number of carbonyl (C=O) groups excluding carboxylic acids is 2. The van der Waals surface area contributed by atoms with Crippen molar-refractivity contribution in [1.82, 2.24) is 5.32 Å². The lowest BCUT2D eigenvalue weighted by molar-refractivity contribution is -0.120. The molecule has 0 aliphatic heterocycles. The molecule has 0 heterocycles. The van der Waals surface area contributed by atoms with Crippen LogP contribution in [0.15, 0.2) is 4.58 Å². The molecule has 0 radical (unpaired) electrons. The SMILES string of the molecule is CC(N)=O.CNC(=O)CCSN=O. The van der Waals surface area contributed by atoms with Crippen LogP contribution >= 0.6 is 11.9 Å². The van der Waals surface area contributed by atoms with Crippen LogP contribution in [0.4, 0.5) is 0 Å². The van der Waals surface area contributed by atoms with Gasteiger partial charge in [0.05, 0.1) is 0 Å². The standard InChI is InChI=1S/C4H8N2O2S.C2H5NO/c1-5-4(7)2-3-9-6-8;1-2(3)4/h2-3H2,1H3,(H,5,7);1H3,(H2,3,4). The van der Waals surface area contributed by atoms with Gasteiger partial charge in [0.2, 0.25) is 11.8 Å². The molecular weight excluding hydrogens is 194 g/mol. The Hall–Kier alpha value is -1.11. The van der Waals surface area contributed by atoms with E-state index in [9.17, 15) is 14.5 Å². The summed E-state index contributed by atoms with van der Waals surface area (Å²) in [5.74, 6) is 0.0644. The Labute approximate surface area is 80.7 Å². The second-order valence-corrected chi connectivity index (χ2v) is 2.76. The highest BCUT2D eigenvalue weighted by Gasteiger charge is 1.95. The highest BCUT2D eigenvalue weighted by Crippen LogP contribution is 2.01. The molecule has 0 rings (SSSR count). The molecule has 6 nitrogen and oxygen atoms in total. The zero-order valence-corrected chi connectivity index (χ0v) is 8.39. The van der Waals surface area contributed by atoms with Gasteiger partial charge in [-0.2, -0.15) is 0 Å². The number of nitrogens with zero attached hydrogens (tertiary/aromatic N) is 1. The molecule has 0 bridgehead atoms. The van der Waals surface area contributed by atoms with Gasteiger partial charge in [-0.05, 0) is 0 Å². The average Bonchev–Trinajstić information content (AvgIpc) is 2.03. The minimum atomic E-state index is -0.333. The summed E-state index contributed by atoms with van der Waals surface area (Å²) in [4.78, 5) is 29.1. The average molecular weight is 207 g/mol. The number of primary amides is 1. The van der Waals surface area contributed by atoms with Crippen LogP contribution in [0.3, 0.4) is 0 Å². The third kappa shape index (κ3) is 24.8.